The van der Waals surface area contributed by atoms with Gasteiger partial charge in [0.2, 0.25) is 0 Å². The molecule has 11 aromatic rings. The largest absolute Gasteiger partial charge is 0.456 e. The lowest BCUT2D eigenvalue weighted by atomic mass is 9.94. The smallest absolute Gasteiger partial charge is 0.137 e. The molecule has 3 nitrogen and oxygen atoms in total. The molecule has 11 rings (SSSR count). The molecule has 2 aromatic heterocycles. The number of aromatic nitrogens is 1. The van der Waals surface area contributed by atoms with E-state index in [4.69, 9.17) is 4.42 Å². The first kappa shape index (κ1) is 31.2. The highest BCUT2D eigenvalue weighted by atomic mass is 16.3. The van der Waals surface area contributed by atoms with Crippen LogP contribution in [0.2, 0.25) is 0 Å². The third-order valence-corrected chi connectivity index (χ3v) is 11.0. The Morgan fingerprint density at radius 3 is 1.75 bits per heavy atom. The molecule has 0 spiro atoms. The highest BCUT2D eigenvalue weighted by Gasteiger charge is 2.22. The normalized spacial score (nSPS) is 11.6. The highest BCUT2D eigenvalue weighted by molar-refractivity contribution is 6.26. The van der Waals surface area contributed by atoms with Crippen LogP contribution in [-0.4, -0.2) is 4.57 Å². The third kappa shape index (κ3) is 5.05. The van der Waals surface area contributed by atoms with E-state index < -0.39 is 0 Å². The Kier molecular flexibility index (Phi) is 7.17. The zero-order valence-electron chi connectivity index (χ0n) is 29.9. The highest BCUT2D eigenvalue weighted by Crippen LogP contribution is 2.47. The number of anilines is 3. The van der Waals surface area contributed by atoms with Gasteiger partial charge in [-0.1, -0.05) is 140 Å². The number of hydrogen-bond donors (Lipinski definition) is 0. The Bertz CT molecular complexity index is 3180. The zero-order valence-corrected chi connectivity index (χ0v) is 29.9. The van der Waals surface area contributed by atoms with Crippen LogP contribution >= 0.6 is 0 Å². The summed E-state index contributed by atoms with van der Waals surface area (Å²) in [5.41, 5.74) is 13.2. The molecule has 0 atom stereocenters. The molecule has 0 unspecified atom stereocenters. The Labute approximate surface area is 318 Å². The molecule has 258 valence electrons. The van der Waals surface area contributed by atoms with E-state index in [1.165, 1.54) is 38.3 Å². The van der Waals surface area contributed by atoms with E-state index >= 15 is 0 Å². The Hall–Kier alpha value is -7.36. The van der Waals surface area contributed by atoms with Crippen LogP contribution in [0.3, 0.4) is 0 Å². The van der Waals surface area contributed by atoms with Crippen molar-refractivity contribution in [3.63, 3.8) is 0 Å². The fourth-order valence-corrected chi connectivity index (χ4v) is 8.52. The summed E-state index contributed by atoms with van der Waals surface area (Å²) in [6.07, 6.45) is 0. The summed E-state index contributed by atoms with van der Waals surface area (Å²) in [6, 6.07) is 73.7. The van der Waals surface area contributed by atoms with Gasteiger partial charge in [-0.25, -0.2) is 0 Å². The van der Waals surface area contributed by atoms with Crippen molar-refractivity contribution in [2.24, 2.45) is 0 Å². The first-order valence-corrected chi connectivity index (χ1v) is 18.8. The van der Waals surface area contributed by atoms with Gasteiger partial charge in [0, 0.05) is 33.2 Å². The van der Waals surface area contributed by atoms with Gasteiger partial charge in [0.25, 0.3) is 0 Å². The lowest BCUT2D eigenvalue weighted by Crippen LogP contribution is -2.10. The summed E-state index contributed by atoms with van der Waals surface area (Å²) < 4.78 is 9.24. The van der Waals surface area contributed by atoms with Crippen LogP contribution in [0.1, 0.15) is 0 Å². The maximum atomic E-state index is 6.86. The van der Waals surface area contributed by atoms with E-state index in [-0.39, 0.29) is 0 Å². The second kappa shape index (κ2) is 12.6. The molecule has 9 aromatic carbocycles. The van der Waals surface area contributed by atoms with Crippen LogP contribution in [0.25, 0.3) is 82.5 Å². The molecular weight excluding hydrogens is 669 g/mol. The van der Waals surface area contributed by atoms with E-state index in [2.05, 4.69) is 216 Å². The van der Waals surface area contributed by atoms with Gasteiger partial charge in [0.05, 0.1) is 22.1 Å². The van der Waals surface area contributed by atoms with Crippen LogP contribution in [0.5, 0.6) is 0 Å². The van der Waals surface area contributed by atoms with Crippen LogP contribution in [0, 0.1) is 0 Å². The number of furan rings is 1. The topological polar surface area (TPSA) is 21.3 Å². The predicted octanol–water partition coefficient (Wildman–Crippen LogP) is 14.6. The van der Waals surface area contributed by atoms with Crippen molar-refractivity contribution < 1.29 is 4.42 Å². The molecule has 0 saturated carbocycles. The average Bonchev–Trinajstić information content (AvgIpc) is 3.81. The molecule has 0 fully saturated rings. The molecule has 0 aliphatic carbocycles. The van der Waals surface area contributed by atoms with Gasteiger partial charge >= 0.3 is 0 Å². The minimum Gasteiger partial charge on any atom is -0.456 e. The summed E-state index contributed by atoms with van der Waals surface area (Å²) in [5.74, 6) is 0. The standard InChI is InChI=1S/C52H34N2O/c1-4-15-35(16-5-1)36-27-30-40(31-28-36)53(38-17-6-2-7-18-38)47-25-14-26-49-52(47)51-44-23-11-10-21-41(44)45(34-50(51)55-49)37-29-32-43-42-22-12-13-24-46(42)54(48(43)33-37)39-19-8-3-9-20-39/h1-34H. The number of hydrogen-bond acceptors (Lipinski definition) is 2. The average molecular weight is 703 g/mol. The third-order valence-electron chi connectivity index (χ3n) is 11.0. The summed E-state index contributed by atoms with van der Waals surface area (Å²) in [4.78, 5) is 2.35. The second-order valence-corrected chi connectivity index (χ2v) is 14.1. The minimum absolute atomic E-state index is 0.858. The van der Waals surface area contributed by atoms with Crippen molar-refractivity contribution in [2.75, 3.05) is 4.90 Å². The molecule has 0 saturated heterocycles. The molecule has 0 aliphatic rings. The van der Waals surface area contributed by atoms with Crippen LogP contribution in [0.4, 0.5) is 17.1 Å². The first-order chi connectivity index (χ1) is 27.3. The van der Waals surface area contributed by atoms with E-state index in [1.54, 1.807) is 0 Å². The molecule has 0 amide bonds. The zero-order chi connectivity index (χ0) is 36.3. The Morgan fingerprint density at radius 2 is 0.964 bits per heavy atom. The second-order valence-electron chi connectivity index (χ2n) is 14.1. The van der Waals surface area contributed by atoms with Crippen molar-refractivity contribution in [2.45, 2.75) is 0 Å². The van der Waals surface area contributed by atoms with Crippen molar-refractivity contribution in [3.8, 4) is 27.9 Å². The van der Waals surface area contributed by atoms with Crippen molar-refractivity contribution in [1.82, 2.24) is 4.57 Å². The quantitative estimate of drug-likeness (QED) is 0.172. The fourth-order valence-electron chi connectivity index (χ4n) is 8.52. The molecule has 0 aliphatic heterocycles. The van der Waals surface area contributed by atoms with Gasteiger partial charge in [-0.3, -0.25) is 0 Å². The maximum absolute atomic E-state index is 6.86. The number of nitrogens with zero attached hydrogens (tertiary/aromatic N) is 2. The van der Waals surface area contributed by atoms with Gasteiger partial charge in [-0.05, 0) is 99.8 Å². The summed E-state index contributed by atoms with van der Waals surface area (Å²) in [6.45, 7) is 0. The molecule has 0 bridgehead atoms. The van der Waals surface area contributed by atoms with E-state index in [1.807, 2.05) is 0 Å². The summed E-state index contributed by atoms with van der Waals surface area (Å²) in [5, 5.41) is 7.04. The van der Waals surface area contributed by atoms with Crippen molar-refractivity contribution in [1.29, 1.82) is 0 Å². The minimum atomic E-state index is 0.858. The van der Waals surface area contributed by atoms with Crippen molar-refractivity contribution in [3.05, 3.63) is 206 Å². The van der Waals surface area contributed by atoms with E-state index in [0.717, 1.165) is 61.2 Å². The SMILES string of the molecule is c1ccc(-c2ccc(N(c3ccccc3)c3cccc4oc5cc(-c6ccc7c8ccccc8n(-c8ccccc8)c7c6)c6ccccc6c5c34)cc2)cc1. The molecule has 2 heterocycles. The van der Waals surface area contributed by atoms with Crippen LogP contribution in [0.15, 0.2) is 211 Å². The number of para-hydroxylation sites is 3. The number of rotatable bonds is 6. The monoisotopic (exact) mass is 702 g/mol. The summed E-state index contributed by atoms with van der Waals surface area (Å²) in [7, 11) is 0. The lowest BCUT2D eigenvalue weighted by molar-refractivity contribution is 0.669. The first-order valence-electron chi connectivity index (χ1n) is 18.8. The summed E-state index contributed by atoms with van der Waals surface area (Å²) >= 11 is 0. The van der Waals surface area contributed by atoms with Gasteiger partial charge in [-0.2, -0.15) is 0 Å². The molecular formula is C52H34N2O. The maximum Gasteiger partial charge on any atom is 0.137 e. The van der Waals surface area contributed by atoms with Gasteiger partial charge in [0.1, 0.15) is 11.2 Å². The Morgan fingerprint density at radius 1 is 0.364 bits per heavy atom. The van der Waals surface area contributed by atoms with E-state index in [0.29, 0.717) is 0 Å². The van der Waals surface area contributed by atoms with Gasteiger partial charge < -0.3 is 13.9 Å². The number of benzene rings is 9. The molecule has 0 N–H and O–H groups in total. The van der Waals surface area contributed by atoms with Crippen LogP contribution < -0.4 is 4.90 Å². The lowest BCUT2D eigenvalue weighted by Gasteiger charge is -2.26. The Balaban J connectivity index is 1.13. The number of fused-ring (bicyclic) bond motifs is 8. The predicted molar refractivity (Wildman–Crippen MR) is 231 cm³/mol. The van der Waals surface area contributed by atoms with E-state index in [9.17, 15) is 0 Å². The van der Waals surface area contributed by atoms with Crippen LogP contribution in [-0.2, 0) is 0 Å². The molecule has 55 heavy (non-hydrogen) atoms. The molecule has 0 radical (unpaired) electrons. The van der Waals surface area contributed by atoms with Gasteiger partial charge in [-0.15, -0.1) is 0 Å². The van der Waals surface area contributed by atoms with Gasteiger partial charge in [0.15, 0.2) is 0 Å². The fraction of sp³-hybridized carbons (Fsp3) is 0. The molecule has 3 heteroatoms. The van der Waals surface area contributed by atoms with Crippen molar-refractivity contribution >= 4 is 71.6 Å².